The van der Waals surface area contributed by atoms with Gasteiger partial charge in [-0.1, -0.05) is 48.5 Å². The van der Waals surface area contributed by atoms with E-state index in [0.29, 0.717) is 5.56 Å². The summed E-state index contributed by atoms with van der Waals surface area (Å²) >= 11 is 0. The van der Waals surface area contributed by atoms with E-state index in [1.54, 1.807) is 36.4 Å². The number of ether oxygens (including phenoxy) is 2. The molecule has 7 heteroatoms. The second-order valence-corrected chi connectivity index (χ2v) is 4.98. The molecule has 2 rings (SSSR count). The molecule has 0 saturated heterocycles. The predicted molar refractivity (Wildman–Crippen MR) is 82.9 cm³/mol. The van der Waals surface area contributed by atoms with E-state index < -0.39 is 23.3 Å². The zero-order valence-electron chi connectivity index (χ0n) is 13.0. The molecule has 1 unspecified atom stereocenters. The van der Waals surface area contributed by atoms with Crippen LogP contribution >= 0.6 is 0 Å². The highest BCUT2D eigenvalue weighted by molar-refractivity contribution is 5.75. The number of nitro groups is 1. The quantitative estimate of drug-likeness (QED) is 0.332. The zero-order valence-corrected chi connectivity index (χ0v) is 13.0. The Kier molecular flexibility index (Phi) is 6.00. The number of benzene rings is 2. The summed E-state index contributed by atoms with van der Waals surface area (Å²) < 4.78 is 9.92. The molecule has 2 aromatic carbocycles. The second-order valence-electron chi connectivity index (χ2n) is 4.98. The monoisotopic (exact) mass is 330 g/mol. The Morgan fingerprint density at radius 1 is 1.12 bits per heavy atom. The van der Waals surface area contributed by atoms with Crippen molar-refractivity contribution in [1.82, 2.24) is 0 Å². The molecule has 7 nitrogen and oxygen atoms in total. The van der Waals surface area contributed by atoms with Crippen molar-refractivity contribution in [2.75, 3.05) is 7.11 Å². The summed E-state index contributed by atoms with van der Waals surface area (Å²) in [6.07, 6.45) is -2.97. The number of nitro benzene ring substituents is 1. The number of esters is 1. The molecule has 0 saturated carbocycles. The third-order valence-electron chi connectivity index (χ3n) is 3.42. The molecule has 0 aromatic heterocycles. The molecule has 24 heavy (non-hydrogen) atoms. The van der Waals surface area contributed by atoms with Gasteiger partial charge in [-0.2, -0.15) is 0 Å². The molecular weight excluding hydrogens is 314 g/mol. The van der Waals surface area contributed by atoms with E-state index in [0.717, 1.165) is 0 Å². The molecule has 0 aliphatic carbocycles. The van der Waals surface area contributed by atoms with Gasteiger partial charge in [-0.3, -0.25) is 10.1 Å². The molecule has 0 N–H and O–H groups in total. The van der Waals surface area contributed by atoms with Gasteiger partial charge < -0.3 is 14.6 Å². The molecule has 126 valence electrons. The van der Waals surface area contributed by atoms with Crippen LogP contribution in [-0.2, 0) is 20.7 Å². The van der Waals surface area contributed by atoms with Gasteiger partial charge in [0.15, 0.2) is 6.10 Å². The fraction of sp³-hybridized carbons (Fsp3) is 0.235. The van der Waals surface area contributed by atoms with Crippen LogP contribution in [0.3, 0.4) is 0 Å². The number of para-hydroxylation sites is 1. The number of rotatable bonds is 7. The van der Waals surface area contributed by atoms with Crippen molar-refractivity contribution < 1.29 is 24.3 Å². The maximum absolute atomic E-state index is 12.2. The highest BCUT2D eigenvalue weighted by Gasteiger charge is 2.25. The van der Waals surface area contributed by atoms with Gasteiger partial charge in [0.2, 0.25) is 0 Å². The third kappa shape index (κ3) is 4.37. The Morgan fingerprint density at radius 3 is 2.38 bits per heavy atom. The molecule has 0 fully saturated rings. The van der Waals surface area contributed by atoms with Crippen molar-refractivity contribution in [3.8, 4) is 0 Å². The van der Waals surface area contributed by atoms with Crippen molar-refractivity contribution in [1.29, 1.82) is 0 Å². The molecule has 0 aliphatic heterocycles. The van der Waals surface area contributed by atoms with E-state index in [2.05, 4.69) is 4.74 Å². The van der Waals surface area contributed by atoms with Gasteiger partial charge in [-0.25, -0.2) is 4.79 Å². The van der Waals surface area contributed by atoms with E-state index >= 15 is 0 Å². The van der Waals surface area contributed by atoms with Crippen molar-refractivity contribution in [3.05, 3.63) is 75.8 Å². The fourth-order valence-electron chi connectivity index (χ4n) is 2.22. The number of hydrogen-bond donors (Lipinski definition) is 0. The smallest absolute Gasteiger partial charge is 0.335 e. The Balaban J connectivity index is 2.21. The highest BCUT2D eigenvalue weighted by Crippen LogP contribution is 2.22. The van der Waals surface area contributed by atoms with E-state index in [-0.39, 0.29) is 17.7 Å². The van der Waals surface area contributed by atoms with Gasteiger partial charge in [-0.05, 0) is 5.56 Å². The molecule has 2 atom stereocenters. The van der Waals surface area contributed by atoms with Crippen molar-refractivity contribution in [2.45, 2.75) is 18.8 Å². The minimum absolute atomic E-state index is 0.130. The van der Waals surface area contributed by atoms with Gasteiger partial charge in [0.25, 0.3) is 5.69 Å². The zero-order chi connectivity index (χ0) is 17.5. The van der Waals surface area contributed by atoms with Crippen LogP contribution in [0.15, 0.2) is 54.6 Å². The molecule has 0 spiro atoms. The number of nitrogens with zero attached hydrogens (tertiary/aromatic N) is 1. The average molecular weight is 330 g/mol. The summed E-state index contributed by atoms with van der Waals surface area (Å²) in [6, 6.07) is 14.3. The van der Waals surface area contributed by atoms with E-state index in [9.17, 15) is 20.0 Å². The Labute approximate surface area is 138 Å². The van der Waals surface area contributed by atoms with Gasteiger partial charge in [0.05, 0.1) is 12.0 Å². The number of carbonyl (C=O) groups excluding carboxylic acids is 1. The van der Waals surface area contributed by atoms with Crippen LogP contribution in [0.25, 0.3) is 0 Å². The van der Waals surface area contributed by atoms with Crippen LogP contribution in [0, 0.1) is 10.1 Å². The fourth-order valence-corrected chi connectivity index (χ4v) is 2.22. The molecule has 2 aromatic rings. The van der Waals surface area contributed by atoms with Crippen LogP contribution in [0.1, 0.15) is 17.4 Å². The lowest BCUT2D eigenvalue weighted by Crippen LogP contribution is -2.33. The second kappa shape index (κ2) is 8.19. The summed E-state index contributed by atoms with van der Waals surface area (Å²) in [5.74, 6) is -0.759. The Morgan fingerprint density at radius 2 is 1.75 bits per heavy atom. The topological polar surface area (TPSA) is 102 Å². The predicted octanol–water partition coefficient (Wildman–Crippen LogP) is 1.75. The maximum atomic E-state index is 12.2. The lowest BCUT2D eigenvalue weighted by atomic mass is 10.1. The van der Waals surface area contributed by atoms with Gasteiger partial charge in [-0.15, -0.1) is 0 Å². The highest BCUT2D eigenvalue weighted by atomic mass is 16.6. The van der Waals surface area contributed by atoms with Crippen LogP contribution in [0.2, 0.25) is 0 Å². The summed E-state index contributed by atoms with van der Waals surface area (Å²) in [5.41, 5.74) is 0.504. The van der Waals surface area contributed by atoms with Gasteiger partial charge >= 0.3 is 5.97 Å². The first-order chi connectivity index (χ1) is 11.5. The maximum Gasteiger partial charge on any atom is 0.335 e. The lowest BCUT2D eigenvalue weighted by molar-refractivity contribution is -0.504. The van der Waals surface area contributed by atoms with E-state index in [1.807, 2.05) is 0 Å². The molecule has 0 radical (unpaired) electrons. The van der Waals surface area contributed by atoms with Crippen LogP contribution in [0.4, 0.5) is 5.69 Å². The van der Waals surface area contributed by atoms with Crippen molar-refractivity contribution in [3.63, 3.8) is 0 Å². The average Bonchev–Trinajstić information content (AvgIpc) is 2.61. The standard InChI is InChI=1S/C17H16NO6/c1-23-17(20)15(24-16(19)12-7-3-2-4-8-12)11-13-9-5-6-10-14(13)18(21)22/h2-10,15-16H,11H2,1H3/q-1/t15-,16?/m1/s1. The third-order valence-corrected chi connectivity index (χ3v) is 3.42. The van der Waals surface area contributed by atoms with Crippen LogP contribution < -0.4 is 5.11 Å². The van der Waals surface area contributed by atoms with Crippen LogP contribution in [0.5, 0.6) is 0 Å². The normalized spacial score (nSPS) is 13.1. The minimum atomic E-state index is -1.60. The minimum Gasteiger partial charge on any atom is -0.827 e. The lowest BCUT2D eigenvalue weighted by Gasteiger charge is -2.28. The summed E-state index contributed by atoms with van der Waals surface area (Å²) in [4.78, 5) is 22.4. The first-order valence-corrected chi connectivity index (χ1v) is 7.19. The largest absolute Gasteiger partial charge is 0.827 e. The number of hydrogen-bond acceptors (Lipinski definition) is 6. The van der Waals surface area contributed by atoms with Gasteiger partial charge in [0, 0.05) is 24.3 Å². The summed E-state index contributed by atoms with van der Waals surface area (Å²) in [7, 11) is 1.17. The van der Waals surface area contributed by atoms with Gasteiger partial charge in [0.1, 0.15) is 0 Å². The van der Waals surface area contributed by atoms with E-state index in [1.165, 1.54) is 25.3 Å². The SMILES string of the molecule is COC(=O)[C@@H](Cc1ccccc1[N+](=O)[O-])OC([O-])c1ccccc1. The Hall–Kier alpha value is -2.77. The summed E-state index contributed by atoms with van der Waals surface area (Å²) in [6.45, 7) is 0. The Bertz CT molecular complexity index is 703. The first kappa shape index (κ1) is 17.6. The molecular formula is C17H16NO6-. The van der Waals surface area contributed by atoms with Crippen molar-refractivity contribution >= 4 is 11.7 Å². The first-order valence-electron chi connectivity index (χ1n) is 7.19. The summed E-state index contributed by atoms with van der Waals surface area (Å²) in [5, 5.41) is 23.3. The molecule has 0 heterocycles. The molecule has 0 bridgehead atoms. The van der Waals surface area contributed by atoms with E-state index in [4.69, 9.17) is 4.74 Å². The van der Waals surface area contributed by atoms with Crippen LogP contribution in [-0.4, -0.2) is 24.1 Å². The molecule has 0 amide bonds. The van der Waals surface area contributed by atoms with Crippen molar-refractivity contribution in [2.24, 2.45) is 0 Å². The number of methoxy groups -OCH3 is 1. The molecule has 0 aliphatic rings. The number of carbonyl (C=O) groups is 1.